The number of hydrogen-bond acceptors (Lipinski definition) is 6. The number of fused-ring (bicyclic) bond motifs is 2. The summed E-state index contributed by atoms with van der Waals surface area (Å²) in [5.74, 6) is 0.165. The number of piperazine rings is 1. The van der Waals surface area contributed by atoms with Gasteiger partial charge in [-0.3, -0.25) is 24.6 Å². The van der Waals surface area contributed by atoms with E-state index in [2.05, 4.69) is 81.8 Å². The van der Waals surface area contributed by atoms with Crippen molar-refractivity contribution in [2.45, 2.75) is 56.7 Å². The number of imide groups is 1. The predicted octanol–water partition coefficient (Wildman–Crippen LogP) is 5.34. The van der Waals surface area contributed by atoms with E-state index < -0.39 is 6.04 Å². The van der Waals surface area contributed by atoms with Gasteiger partial charge in [0.1, 0.15) is 11.8 Å². The lowest BCUT2D eigenvalue weighted by Gasteiger charge is -2.37. The van der Waals surface area contributed by atoms with Gasteiger partial charge in [-0.1, -0.05) is 60.7 Å². The summed E-state index contributed by atoms with van der Waals surface area (Å²) >= 11 is 0. The zero-order valence-electron chi connectivity index (χ0n) is 27.0. The summed E-state index contributed by atoms with van der Waals surface area (Å²) in [6.45, 7) is 4.80. The molecule has 8 nitrogen and oxygen atoms in total. The maximum Gasteiger partial charge on any atom is 0.255 e. The van der Waals surface area contributed by atoms with Gasteiger partial charge in [-0.15, -0.1) is 0 Å². The second-order valence-corrected chi connectivity index (χ2v) is 13.6. The van der Waals surface area contributed by atoms with Crippen LogP contribution in [0.5, 0.6) is 5.75 Å². The molecule has 3 aliphatic heterocycles. The van der Waals surface area contributed by atoms with E-state index >= 15 is 0 Å². The number of aromatic hydroxyl groups is 1. The molecule has 3 amide bonds. The van der Waals surface area contributed by atoms with Crippen molar-refractivity contribution in [2.75, 3.05) is 31.1 Å². The number of piperidine rings is 1. The SMILES string of the molecule is O=C1CCC(N2Cc3c(CN4CCN(c5ccc([C@H]6c7ccc(O)cc7CC[C@H]6c6ccccc6)cc5)CC4)cccc3C2=O)C(=O)N1. The summed E-state index contributed by atoms with van der Waals surface area (Å²) in [5.41, 5.74) is 9.23. The summed E-state index contributed by atoms with van der Waals surface area (Å²) in [7, 11) is 0. The van der Waals surface area contributed by atoms with Crippen LogP contribution in [0.4, 0.5) is 5.69 Å². The molecule has 2 saturated heterocycles. The summed E-state index contributed by atoms with van der Waals surface area (Å²) in [6, 6.07) is 31.1. The third-order valence-electron chi connectivity index (χ3n) is 10.9. The molecule has 0 spiro atoms. The van der Waals surface area contributed by atoms with Crippen LogP contribution in [0.15, 0.2) is 91.0 Å². The van der Waals surface area contributed by atoms with Crippen molar-refractivity contribution >= 4 is 23.4 Å². The molecule has 48 heavy (non-hydrogen) atoms. The molecule has 4 aromatic rings. The van der Waals surface area contributed by atoms with Crippen molar-refractivity contribution in [3.63, 3.8) is 0 Å². The third kappa shape index (κ3) is 5.64. The maximum atomic E-state index is 13.3. The van der Waals surface area contributed by atoms with Crippen molar-refractivity contribution in [2.24, 2.45) is 0 Å². The van der Waals surface area contributed by atoms with Gasteiger partial charge in [-0.25, -0.2) is 0 Å². The lowest BCUT2D eigenvalue weighted by molar-refractivity contribution is -0.136. The number of aryl methyl sites for hydroxylation is 1. The third-order valence-corrected chi connectivity index (χ3v) is 10.9. The molecule has 2 fully saturated rings. The van der Waals surface area contributed by atoms with E-state index in [9.17, 15) is 19.5 Å². The van der Waals surface area contributed by atoms with Gasteiger partial charge < -0.3 is 14.9 Å². The van der Waals surface area contributed by atoms with Crippen molar-refractivity contribution in [3.8, 4) is 5.75 Å². The van der Waals surface area contributed by atoms with E-state index in [0.717, 1.165) is 56.7 Å². The number of anilines is 1. The number of nitrogens with one attached hydrogen (secondary N) is 1. The maximum absolute atomic E-state index is 13.3. The van der Waals surface area contributed by atoms with Crippen LogP contribution in [0.2, 0.25) is 0 Å². The van der Waals surface area contributed by atoms with E-state index in [1.54, 1.807) is 4.90 Å². The minimum Gasteiger partial charge on any atom is -0.508 e. The fraction of sp³-hybridized carbons (Fsp3) is 0.325. The minimum atomic E-state index is -0.601. The highest BCUT2D eigenvalue weighted by Crippen LogP contribution is 2.47. The molecule has 0 bridgehead atoms. The van der Waals surface area contributed by atoms with Crippen LogP contribution in [0.25, 0.3) is 0 Å². The largest absolute Gasteiger partial charge is 0.508 e. The van der Waals surface area contributed by atoms with Gasteiger partial charge in [-0.05, 0) is 88.9 Å². The van der Waals surface area contributed by atoms with Gasteiger partial charge in [-0.2, -0.15) is 0 Å². The smallest absolute Gasteiger partial charge is 0.255 e. The topological polar surface area (TPSA) is 93.2 Å². The standard InChI is InChI=1S/C40H40N4O4/c45-31-14-16-33-28(23-31)11-15-32(26-5-2-1-3-6-26)38(33)27-9-12-30(13-10-27)43-21-19-42(20-22-43)24-29-7-4-8-34-35(29)25-44(40(34)48)36-17-18-37(46)41-39(36)47/h1-10,12-14,16,23,32,36,38,45H,11,15,17-22,24-25H2,(H,41,46,47)/t32-,36?,38+/m0/s1. The number of phenolic OH excluding ortho intramolecular Hbond substituents is 1. The molecular formula is C40H40N4O4. The zero-order valence-corrected chi connectivity index (χ0v) is 27.0. The first-order valence-corrected chi connectivity index (χ1v) is 17.1. The number of hydrogen-bond donors (Lipinski definition) is 2. The molecule has 3 atom stereocenters. The van der Waals surface area contributed by atoms with Gasteiger partial charge in [0.15, 0.2) is 0 Å². The van der Waals surface area contributed by atoms with Crippen LogP contribution in [0, 0.1) is 0 Å². The first-order valence-electron chi connectivity index (χ1n) is 17.1. The predicted molar refractivity (Wildman–Crippen MR) is 184 cm³/mol. The molecule has 1 unspecified atom stereocenters. The Hall–Kier alpha value is -4.95. The molecule has 4 aliphatic rings. The van der Waals surface area contributed by atoms with Gasteiger partial charge in [0.25, 0.3) is 5.91 Å². The molecule has 244 valence electrons. The Morgan fingerprint density at radius 2 is 1.56 bits per heavy atom. The average molecular weight is 641 g/mol. The summed E-state index contributed by atoms with van der Waals surface area (Å²) in [4.78, 5) is 44.0. The average Bonchev–Trinajstić information content (AvgIpc) is 3.45. The molecule has 0 aromatic heterocycles. The van der Waals surface area contributed by atoms with Crippen LogP contribution in [0.1, 0.15) is 74.8 Å². The Bertz CT molecular complexity index is 1870. The highest BCUT2D eigenvalue weighted by molar-refractivity contribution is 6.05. The summed E-state index contributed by atoms with van der Waals surface area (Å²) in [6.07, 6.45) is 2.63. The van der Waals surface area contributed by atoms with E-state index in [-0.39, 0.29) is 30.1 Å². The van der Waals surface area contributed by atoms with Crippen LogP contribution in [-0.4, -0.2) is 64.8 Å². The molecule has 2 N–H and O–H groups in total. The molecule has 0 saturated carbocycles. The zero-order chi connectivity index (χ0) is 32.8. The van der Waals surface area contributed by atoms with Crippen molar-refractivity contribution in [1.82, 2.24) is 15.1 Å². The Morgan fingerprint density at radius 3 is 2.33 bits per heavy atom. The molecule has 8 rings (SSSR count). The Morgan fingerprint density at radius 1 is 0.771 bits per heavy atom. The van der Waals surface area contributed by atoms with E-state index in [1.807, 2.05) is 24.3 Å². The van der Waals surface area contributed by atoms with Crippen LogP contribution < -0.4 is 10.2 Å². The van der Waals surface area contributed by atoms with E-state index in [0.29, 0.717) is 30.2 Å². The highest BCUT2D eigenvalue weighted by Gasteiger charge is 2.40. The number of carbonyl (C=O) groups is 3. The number of rotatable bonds is 6. The lowest BCUT2D eigenvalue weighted by Crippen LogP contribution is -2.52. The molecule has 3 heterocycles. The number of nitrogens with zero attached hydrogens (tertiary/aromatic N) is 3. The Labute approximate surface area is 281 Å². The van der Waals surface area contributed by atoms with Crippen LogP contribution in [0.3, 0.4) is 0 Å². The second-order valence-electron chi connectivity index (χ2n) is 13.6. The van der Waals surface area contributed by atoms with E-state index in [4.69, 9.17) is 0 Å². The van der Waals surface area contributed by atoms with E-state index in [1.165, 1.54) is 27.9 Å². The van der Waals surface area contributed by atoms with Crippen molar-refractivity contribution in [3.05, 3.63) is 130 Å². The Kier molecular flexibility index (Phi) is 7.96. The molecule has 8 heteroatoms. The van der Waals surface area contributed by atoms with Gasteiger partial charge >= 0.3 is 0 Å². The number of carbonyl (C=O) groups excluding carboxylic acids is 3. The fourth-order valence-corrected chi connectivity index (χ4v) is 8.37. The first-order chi connectivity index (χ1) is 23.4. The molecule has 4 aromatic carbocycles. The van der Waals surface area contributed by atoms with Gasteiger partial charge in [0.2, 0.25) is 11.8 Å². The van der Waals surface area contributed by atoms with Crippen LogP contribution >= 0.6 is 0 Å². The van der Waals surface area contributed by atoms with Crippen molar-refractivity contribution < 1.29 is 19.5 Å². The molecular weight excluding hydrogens is 600 g/mol. The normalized spacial score (nSPS) is 22.8. The Balaban J connectivity index is 0.944. The number of phenols is 1. The molecule has 1 aliphatic carbocycles. The number of amides is 3. The van der Waals surface area contributed by atoms with Crippen molar-refractivity contribution in [1.29, 1.82) is 0 Å². The van der Waals surface area contributed by atoms with Crippen LogP contribution in [-0.2, 0) is 29.1 Å². The minimum absolute atomic E-state index is 0.125. The monoisotopic (exact) mass is 640 g/mol. The first kappa shape index (κ1) is 30.4. The van der Waals surface area contributed by atoms with Gasteiger partial charge in [0, 0.05) is 62.9 Å². The highest BCUT2D eigenvalue weighted by atomic mass is 16.3. The van der Waals surface area contributed by atoms with Gasteiger partial charge in [0.05, 0.1) is 0 Å². The second kappa shape index (κ2) is 12.6. The fourth-order valence-electron chi connectivity index (χ4n) is 8.37. The summed E-state index contributed by atoms with van der Waals surface area (Å²) in [5, 5.41) is 12.6. The summed E-state index contributed by atoms with van der Waals surface area (Å²) < 4.78 is 0. The quantitative estimate of drug-likeness (QED) is 0.277. The number of benzene rings is 4. The lowest BCUT2D eigenvalue weighted by atomic mass is 9.69. The molecule has 0 radical (unpaired) electrons.